The highest BCUT2D eigenvalue weighted by Gasteiger charge is 2.14. The highest BCUT2D eigenvalue weighted by Crippen LogP contribution is 2.33. The molecule has 0 heterocycles. The van der Waals surface area contributed by atoms with Crippen molar-refractivity contribution in [3.63, 3.8) is 0 Å². The summed E-state index contributed by atoms with van der Waals surface area (Å²) in [6.07, 6.45) is 3.57. The molecule has 0 saturated carbocycles. The van der Waals surface area contributed by atoms with Crippen LogP contribution in [-0.4, -0.2) is 0 Å². The van der Waals surface area contributed by atoms with Gasteiger partial charge in [0.05, 0.1) is 0 Å². The van der Waals surface area contributed by atoms with Gasteiger partial charge in [-0.15, -0.1) is 0 Å². The minimum absolute atomic E-state index is 0.639. The lowest BCUT2D eigenvalue weighted by atomic mass is 9.85. The molecule has 106 valence electrons. The molecule has 1 unspecified atom stereocenters. The van der Waals surface area contributed by atoms with Gasteiger partial charge in [-0.1, -0.05) is 69.7 Å². The van der Waals surface area contributed by atoms with Crippen LogP contribution in [0.5, 0.6) is 0 Å². The van der Waals surface area contributed by atoms with Crippen molar-refractivity contribution in [2.24, 2.45) is 0 Å². The van der Waals surface area contributed by atoms with Gasteiger partial charge in [-0.25, -0.2) is 0 Å². The molecule has 2 rings (SSSR count). The first-order valence-electron chi connectivity index (χ1n) is 7.86. The minimum atomic E-state index is 0.639. The molecule has 0 fully saturated rings. The van der Waals surface area contributed by atoms with Gasteiger partial charge in [0.15, 0.2) is 0 Å². The summed E-state index contributed by atoms with van der Waals surface area (Å²) in [4.78, 5) is 0. The van der Waals surface area contributed by atoms with Crippen LogP contribution in [0.25, 0.3) is 11.1 Å². The highest BCUT2D eigenvalue weighted by molar-refractivity contribution is 5.72. The van der Waals surface area contributed by atoms with Crippen LogP contribution in [0.3, 0.4) is 0 Å². The molecule has 0 heteroatoms. The topological polar surface area (TPSA) is 0 Å². The van der Waals surface area contributed by atoms with Gasteiger partial charge in [-0.05, 0) is 53.5 Å². The number of hydrogen-bond donors (Lipinski definition) is 0. The molecule has 0 bridgehead atoms. The third-order valence-corrected chi connectivity index (χ3v) is 4.29. The van der Waals surface area contributed by atoms with E-state index in [2.05, 4.69) is 70.2 Å². The Hall–Kier alpha value is -1.56. The van der Waals surface area contributed by atoms with Gasteiger partial charge < -0.3 is 0 Å². The molecule has 0 spiro atoms. The van der Waals surface area contributed by atoms with Gasteiger partial charge in [0.1, 0.15) is 0 Å². The Balaban J connectivity index is 2.61. The molecule has 0 amide bonds. The smallest absolute Gasteiger partial charge is 0.0146 e. The summed E-state index contributed by atoms with van der Waals surface area (Å²) in [5.41, 5.74) is 7.28. The van der Waals surface area contributed by atoms with Gasteiger partial charge in [0.2, 0.25) is 0 Å². The normalized spacial score (nSPS) is 12.4. The summed E-state index contributed by atoms with van der Waals surface area (Å²) in [5.74, 6) is 0.639. The van der Waals surface area contributed by atoms with E-state index >= 15 is 0 Å². The van der Waals surface area contributed by atoms with E-state index in [1.54, 1.807) is 5.56 Å². The molecule has 0 aliphatic heterocycles. The van der Waals surface area contributed by atoms with Gasteiger partial charge in [0.25, 0.3) is 0 Å². The molecule has 0 aliphatic carbocycles. The first kappa shape index (κ1) is 14.8. The minimum Gasteiger partial charge on any atom is -0.0651 e. The summed E-state index contributed by atoms with van der Waals surface area (Å²) in [6.45, 7) is 9.10. The number of hydrogen-bond acceptors (Lipinski definition) is 0. The molecule has 0 aromatic heterocycles. The zero-order valence-corrected chi connectivity index (χ0v) is 13.2. The van der Waals surface area contributed by atoms with E-state index in [1.165, 1.54) is 41.5 Å². The summed E-state index contributed by atoms with van der Waals surface area (Å²) in [7, 11) is 0. The van der Waals surface area contributed by atoms with Crippen molar-refractivity contribution in [2.75, 3.05) is 0 Å². The molecular weight excluding hydrogens is 240 g/mol. The molecule has 0 saturated heterocycles. The summed E-state index contributed by atoms with van der Waals surface area (Å²) < 4.78 is 0. The summed E-state index contributed by atoms with van der Waals surface area (Å²) in [6, 6.07) is 15.6. The van der Waals surface area contributed by atoms with Crippen LogP contribution in [0, 0.1) is 6.92 Å². The first-order chi connectivity index (χ1) is 9.69. The van der Waals surface area contributed by atoms with Crippen LogP contribution in [0.4, 0.5) is 0 Å². The van der Waals surface area contributed by atoms with Gasteiger partial charge in [-0.2, -0.15) is 0 Å². The third-order valence-electron chi connectivity index (χ3n) is 4.29. The predicted octanol–water partition coefficient (Wildman–Crippen LogP) is 6.13. The second kappa shape index (κ2) is 6.74. The fraction of sp³-hybridized carbons (Fsp3) is 0.400. The SMILES string of the molecule is CCCc1c(-c2ccccc2C)cccc1C(C)CC. The van der Waals surface area contributed by atoms with Crippen LogP contribution in [-0.2, 0) is 6.42 Å². The van der Waals surface area contributed by atoms with E-state index in [4.69, 9.17) is 0 Å². The molecule has 0 N–H and O–H groups in total. The molecular formula is C20H26. The highest BCUT2D eigenvalue weighted by atomic mass is 14.2. The molecule has 0 aliphatic rings. The average Bonchev–Trinajstić information content (AvgIpc) is 2.48. The van der Waals surface area contributed by atoms with Crippen LogP contribution in [0.1, 0.15) is 56.2 Å². The van der Waals surface area contributed by atoms with Crippen molar-refractivity contribution in [1.82, 2.24) is 0 Å². The fourth-order valence-electron chi connectivity index (χ4n) is 2.94. The Morgan fingerprint density at radius 1 is 0.900 bits per heavy atom. The van der Waals surface area contributed by atoms with Crippen molar-refractivity contribution in [1.29, 1.82) is 0 Å². The molecule has 1 atom stereocenters. The predicted molar refractivity (Wildman–Crippen MR) is 89.3 cm³/mol. The standard InChI is InChI=1S/C20H26/c1-5-10-19-17(15(3)6-2)13-9-14-20(19)18-12-8-7-11-16(18)4/h7-9,11-15H,5-6,10H2,1-4H3. The van der Waals surface area contributed by atoms with Gasteiger partial charge in [-0.3, -0.25) is 0 Å². The second-order valence-corrected chi connectivity index (χ2v) is 5.75. The summed E-state index contributed by atoms with van der Waals surface area (Å²) in [5, 5.41) is 0. The quantitative estimate of drug-likeness (QED) is 0.611. The number of benzene rings is 2. The van der Waals surface area contributed by atoms with E-state index in [9.17, 15) is 0 Å². The molecule has 2 aromatic carbocycles. The van der Waals surface area contributed by atoms with Crippen molar-refractivity contribution in [3.05, 3.63) is 59.2 Å². The van der Waals surface area contributed by atoms with Gasteiger partial charge >= 0.3 is 0 Å². The van der Waals surface area contributed by atoms with Gasteiger partial charge in [0, 0.05) is 0 Å². The second-order valence-electron chi connectivity index (χ2n) is 5.75. The van der Waals surface area contributed by atoms with E-state index in [-0.39, 0.29) is 0 Å². The zero-order chi connectivity index (χ0) is 14.5. The van der Waals surface area contributed by atoms with Crippen molar-refractivity contribution in [3.8, 4) is 11.1 Å². The van der Waals surface area contributed by atoms with E-state index in [1.807, 2.05) is 0 Å². The Labute approximate surface area is 123 Å². The van der Waals surface area contributed by atoms with E-state index in [0.29, 0.717) is 5.92 Å². The lowest BCUT2D eigenvalue weighted by Crippen LogP contribution is -2.01. The Morgan fingerprint density at radius 3 is 2.25 bits per heavy atom. The Morgan fingerprint density at radius 2 is 1.60 bits per heavy atom. The van der Waals surface area contributed by atoms with Crippen molar-refractivity contribution in [2.45, 2.75) is 52.9 Å². The maximum absolute atomic E-state index is 2.34. The lowest BCUT2D eigenvalue weighted by molar-refractivity contribution is 0.718. The average molecular weight is 266 g/mol. The maximum Gasteiger partial charge on any atom is -0.0146 e. The van der Waals surface area contributed by atoms with E-state index in [0.717, 1.165) is 0 Å². The first-order valence-corrected chi connectivity index (χ1v) is 7.86. The molecule has 0 radical (unpaired) electrons. The number of rotatable bonds is 5. The fourth-order valence-corrected chi connectivity index (χ4v) is 2.94. The van der Waals surface area contributed by atoms with Crippen LogP contribution in [0.2, 0.25) is 0 Å². The molecule has 2 aromatic rings. The maximum atomic E-state index is 2.34. The third kappa shape index (κ3) is 2.95. The van der Waals surface area contributed by atoms with Crippen LogP contribution in [0.15, 0.2) is 42.5 Å². The van der Waals surface area contributed by atoms with Crippen LogP contribution < -0.4 is 0 Å². The number of aryl methyl sites for hydroxylation is 1. The monoisotopic (exact) mass is 266 g/mol. The molecule has 0 nitrogen and oxygen atoms in total. The molecule has 20 heavy (non-hydrogen) atoms. The summed E-state index contributed by atoms with van der Waals surface area (Å²) >= 11 is 0. The van der Waals surface area contributed by atoms with E-state index < -0.39 is 0 Å². The Bertz CT molecular complexity index is 566. The van der Waals surface area contributed by atoms with Crippen LogP contribution >= 0.6 is 0 Å². The Kier molecular flexibility index (Phi) is 5.00. The van der Waals surface area contributed by atoms with Crippen molar-refractivity contribution >= 4 is 0 Å². The lowest BCUT2D eigenvalue weighted by Gasteiger charge is -2.19. The van der Waals surface area contributed by atoms with Crippen molar-refractivity contribution < 1.29 is 0 Å². The largest absolute Gasteiger partial charge is 0.0651 e. The zero-order valence-electron chi connectivity index (χ0n) is 13.2.